The molecule has 0 unspecified atom stereocenters. The Bertz CT molecular complexity index is 668. The molecule has 0 radical (unpaired) electrons. The SMILES string of the molecule is CCc1ccc(NC(=O)CCCOc2ccc(CC)cc2Br)cc1. The zero-order valence-electron chi connectivity index (χ0n) is 14.3. The van der Waals surface area contributed by atoms with Gasteiger partial charge in [0.25, 0.3) is 0 Å². The normalized spacial score (nSPS) is 10.5. The van der Waals surface area contributed by atoms with Gasteiger partial charge in [-0.2, -0.15) is 0 Å². The van der Waals surface area contributed by atoms with E-state index in [0.29, 0.717) is 19.4 Å². The van der Waals surface area contributed by atoms with Gasteiger partial charge in [-0.3, -0.25) is 4.79 Å². The molecule has 24 heavy (non-hydrogen) atoms. The van der Waals surface area contributed by atoms with E-state index in [4.69, 9.17) is 4.74 Å². The first-order valence-electron chi connectivity index (χ1n) is 8.42. The Labute approximate surface area is 152 Å². The van der Waals surface area contributed by atoms with Crippen LogP contribution in [-0.4, -0.2) is 12.5 Å². The molecule has 0 bridgehead atoms. The van der Waals surface area contributed by atoms with Gasteiger partial charge in [0.15, 0.2) is 0 Å². The molecule has 2 rings (SSSR count). The predicted octanol–water partition coefficient (Wildman–Crippen LogP) is 5.37. The Morgan fingerprint density at radius 1 is 1.04 bits per heavy atom. The number of halogens is 1. The average Bonchev–Trinajstić information content (AvgIpc) is 2.60. The molecule has 2 aromatic rings. The number of hydrogen-bond donors (Lipinski definition) is 1. The molecule has 0 spiro atoms. The Morgan fingerprint density at radius 3 is 2.33 bits per heavy atom. The lowest BCUT2D eigenvalue weighted by Gasteiger charge is -2.10. The third kappa shape index (κ3) is 5.68. The second-order valence-electron chi connectivity index (χ2n) is 5.67. The number of hydrogen-bond acceptors (Lipinski definition) is 2. The summed E-state index contributed by atoms with van der Waals surface area (Å²) in [6, 6.07) is 14.1. The molecule has 0 fully saturated rings. The van der Waals surface area contributed by atoms with Gasteiger partial charge >= 0.3 is 0 Å². The monoisotopic (exact) mass is 389 g/mol. The van der Waals surface area contributed by atoms with Crippen LogP contribution in [0.3, 0.4) is 0 Å². The molecule has 0 saturated heterocycles. The van der Waals surface area contributed by atoms with Crippen molar-refractivity contribution in [1.29, 1.82) is 0 Å². The number of carbonyl (C=O) groups is 1. The summed E-state index contributed by atoms with van der Waals surface area (Å²) < 4.78 is 6.70. The molecule has 0 aliphatic heterocycles. The lowest BCUT2D eigenvalue weighted by atomic mass is 10.1. The summed E-state index contributed by atoms with van der Waals surface area (Å²) in [5.41, 5.74) is 3.37. The van der Waals surface area contributed by atoms with Crippen molar-refractivity contribution in [2.75, 3.05) is 11.9 Å². The number of nitrogens with one attached hydrogen (secondary N) is 1. The second kappa shape index (κ2) is 9.48. The van der Waals surface area contributed by atoms with Gasteiger partial charge in [-0.05, 0) is 70.6 Å². The van der Waals surface area contributed by atoms with Gasteiger partial charge in [0.05, 0.1) is 11.1 Å². The van der Waals surface area contributed by atoms with E-state index in [1.165, 1.54) is 11.1 Å². The Balaban J connectivity index is 1.72. The summed E-state index contributed by atoms with van der Waals surface area (Å²) >= 11 is 3.52. The van der Waals surface area contributed by atoms with Crippen molar-refractivity contribution in [1.82, 2.24) is 0 Å². The van der Waals surface area contributed by atoms with Crippen molar-refractivity contribution >= 4 is 27.5 Å². The maximum absolute atomic E-state index is 12.0. The zero-order valence-corrected chi connectivity index (χ0v) is 15.9. The van der Waals surface area contributed by atoms with Crippen LogP contribution >= 0.6 is 15.9 Å². The second-order valence-corrected chi connectivity index (χ2v) is 6.52. The molecule has 3 nitrogen and oxygen atoms in total. The van der Waals surface area contributed by atoms with Gasteiger partial charge in [-0.1, -0.05) is 32.0 Å². The van der Waals surface area contributed by atoms with E-state index >= 15 is 0 Å². The van der Waals surface area contributed by atoms with Gasteiger partial charge in [-0.15, -0.1) is 0 Å². The van der Waals surface area contributed by atoms with Gasteiger partial charge in [0, 0.05) is 12.1 Å². The predicted molar refractivity (Wildman–Crippen MR) is 103 cm³/mol. The lowest BCUT2D eigenvalue weighted by molar-refractivity contribution is -0.116. The molecule has 1 amide bonds. The minimum Gasteiger partial charge on any atom is -0.492 e. The first kappa shape index (κ1) is 18.5. The van der Waals surface area contributed by atoms with Crippen molar-refractivity contribution in [2.45, 2.75) is 39.5 Å². The molecule has 0 heterocycles. The zero-order chi connectivity index (χ0) is 17.4. The molecule has 0 atom stereocenters. The molecule has 0 aliphatic rings. The van der Waals surface area contributed by atoms with Crippen molar-refractivity contribution in [3.63, 3.8) is 0 Å². The van der Waals surface area contributed by atoms with Crippen LogP contribution in [0.5, 0.6) is 5.75 Å². The Morgan fingerprint density at radius 2 is 1.71 bits per heavy atom. The summed E-state index contributed by atoms with van der Waals surface area (Å²) in [5.74, 6) is 0.839. The van der Waals surface area contributed by atoms with Gasteiger partial charge in [0.1, 0.15) is 5.75 Å². The summed E-state index contributed by atoms with van der Waals surface area (Å²) in [7, 11) is 0. The summed E-state index contributed by atoms with van der Waals surface area (Å²) in [4.78, 5) is 12.0. The number of benzene rings is 2. The van der Waals surface area contributed by atoms with Crippen LogP contribution < -0.4 is 10.1 Å². The van der Waals surface area contributed by atoms with E-state index in [1.54, 1.807) is 0 Å². The molecule has 128 valence electrons. The fourth-order valence-corrected chi connectivity index (χ4v) is 2.88. The first-order chi connectivity index (χ1) is 11.6. The van der Waals surface area contributed by atoms with Crippen molar-refractivity contribution in [3.8, 4) is 5.75 Å². The van der Waals surface area contributed by atoms with E-state index in [2.05, 4.69) is 47.2 Å². The van der Waals surface area contributed by atoms with Gasteiger partial charge in [0.2, 0.25) is 5.91 Å². The number of ether oxygens (including phenoxy) is 1. The third-order valence-electron chi connectivity index (χ3n) is 3.86. The fraction of sp³-hybridized carbons (Fsp3) is 0.350. The van der Waals surface area contributed by atoms with Crippen molar-refractivity contribution < 1.29 is 9.53 Å². The summed E-state index contributed by atoms with van der Waals surface area (Å²) in [5, 5.41) is 2.91. The van der Waals surface area contributed by atoms with Crippen LogP contribution in [0, 0.1) is 0 Å². The van der Waals surface area contributed by atoms with E-state index in [1.807, 2.05) is 30.3 Å². The van der Waals surface area contributed by atoms with Crippen LogP contribution in [0.1, 0.15) is 37.8 Å². The van der Waals surface area contributed by atoms with E-state index < -0.39 is 0 Å². The lowest BCUT2D eigenvalue weighted by Crippen LogP contribution is -2.12. The van der Waals surface area contributed by atoms with Crippen LogP contribution in [-0.2, 0) is 17.6 Å². The van der Waals surface area contributed by atoms with Crippen molar-refractivity contribution in [3.05, 3.63) is 58.1 Å². The molecular weight excluding hydrogens is 366 g/mol. The highest BCUT2D eigenvalue weighted by Gasteiger charge is 2.05. The number of rotatable bonds is 8. The molecule has 0 aliphatic carbocycles. The Hall–Kier alpha value is -1.81. The quantitative estimate of drug-likeness (QED) is 0.616. The number of amides is 1. The first-order valence-corrected chi connectivity index (χ1v) is 9.21. The molecule has 4 heteroatoms. The highest BCUT2D eigenvalue weighted by atomic mass is 79.9. The maximum Gasteiger partial charge on any atom is 0.224 e. The topological polar surface area (TPSA) is 38.3 Å². The van der Waals surface area contributed by atoms with Crippen LogP contribution in [0.15, 0.2) is 46.9 Å². The standard InChI is InChI=1S/C20H24BrNO2/c1-3-15-7-10-17(11-8-15)22-20(23)6-5-13-24-19-12-9-16(4-2)14-18(19)21/h7-12,14H,3-6,13H2,1-2H3,(H,22,23). The molecule has 1 N–H and O–H groups in total. The smallest absolute Gasteiger partial charge is 0.224 e. The maximum atomic E-state index is 12.0. The largest absolute Gasteiger partial charge is 0.492 e. The molecule has 2 aromatic carbocycles. The minimum atomic E-state index is 0.0169. The van der Waals surface area contributed by atoms with E-state index in [-0.39, 0.29) is 5.91 Å². The van der Waals surface area contributed by atoms with Crippen LogP contribution in [0.2, 0.25) is 0 Å². The minimum absolute atomic E-state index is 0.0169. The van der Waals surface area contributed by atoms with Crippen LogP contribution in [0.25, 0.3) is 0 Å². The summed E-state index contributed by atoms with van der Waals surface area (Å²) in [6.45, 7) is 4.75. The number of carbonyl (C=O) groups excluding carboxylic acids is 1. The molecule has 0 aromatic heterocycles. The summed E-state index contributed by atoms with van der Waals surface area (Å²) in [6.07, 6.45) is 3.12. The number of anilines is 1. The average molecular weight is 390 g/mol. The van der Waals surface area contributed by atoms with E-state index in [0.717, 1.165) is 28.8 Å². The highest BCUT2D eigenvalue weighted by molar-refractivity contribution is 9.10. The van der Waals surface area contributed by atoms with Gasteiger partial charge < -0.3 is 10.1 Å². The third-order valence-corrected chi connectivity index (χ3v) is 4.48. The van der Waals surface area contributed by atoms with Gasteiger partial charge in [-0.25, -0.2) is 0 Å². The van der Waals surface area contributed by atoms with Crippen LogP contribution in [0.4, 0.5) is 5.69 Å². The fourth-order valence-electron chi connectivity index (χ4n) is 2.34. The van der Waals surface area contributed by atoms with E-state index in [9.17, 15) is 4.79 Å². The highest BCUT2D eigenvalue weighted by Crippen LogP contribution is 2.26. The number of aryl methyl sites for hydroxylation is 2. The Kier molecular flexibility index (Phi) is 7.32. The molecule has 0 saturated carbocycles. The molecular formula is C20H24BrNO2. The van der Waals surface area contributed by atoms with Crippen molar-refractivity contribution in [2.24, 2.45) is 0 Å².